The number of rotatable bonds is 4. The van der Waals surface area contributed by atoms with E-state index >= 15 is 0 Å². The fourth-order valence-corrected chi connectivity index (χ4v) is 2.77. The van der Waals surface area contributed by atoms with Gasteiger partial charge in [-0.1, -0.05) is 24.3 Å². The summed E-state index contributed by atoms with van der Waals surface area (Å²) in [5.41, 5.74) is 3.03. The third-order valence-corrected chi connectivity index (χ3v) is 4.00. The fourth-order valence-electron chi connectivity index (χ4n) is 2.77. The number of aromatic nitrogens is 2. The van der Waals surface area contributed by atoms with E-state index in [1.165, 1.54) is 30.4 Å². The van der Waals surface area contributed by atoms with Crippen molar-refractivity contribution in [3.8, 4) is 0 Å². The number of nitrogens with zero attached hydrogens (tertiary/aromatic N) is 2. The Morgan fingerprint density at radius 3 is 3.00 bits per heavy atom. The van der Waals surface area contributed by atoms with E-state index in [0.717, 1.165) is 12.5 Å². The van der Waals surface area contributed by atoms with Crippen molar-refractivity contribution in [3.05, 3.63) is 47.8 Å². The Kier molecular flexibility index (Phi) is 2.19. The van der Waals surface area contributed by atoms with Crippen LogP contribution in [0.5, 0.6) is 0 Å². The Morgan fingerprint density at radius 1 is 1.28 bits per heavy atom. The second-order valence-electron chi connectivity index (χ2n) is 5.42. The first-order valence-electron chi connectivity index (χ1n) is 6.75. The molecular formula is C15H17N3. The number of hydrogen-bond acceptors (Lipinski definition) is 2. The van der Waals surface area contributed by atoms with Crippen molar-refractivity contribution in [1.29, 1.82) is 0 Å². The second-order valence-corrected chi connectivity index (χ2v) is 5.42. The van der Waals surface area contributed by atoms with Gasteiger partial charge >= 0.3 is 0 Å². The van der Waals surface area contributed by atoms with Crippen molar-refractivity contribution < 1.29 is 0 Å². The smallest absolute Gasteiger partial charge is 0.203 e. The van der Waals surface area contributed by atoms with Crippen LogP contribution >= 0.6 is 0 Å². The van der Waals surface area contributed by atoms with Crippen LogP contribution in [-0.4, -0.2) is 15.6 Å². The van der Waals surface area contributed by atoms with Crippen LogP contribution in [-0.2, 0) is 13.0 Å². The zero-order valence-corrected chi connectivity index (χ0v) is 10.3. The number of anilines is 1. The van der Waals surface area contributed by atoms with Crippen LogP contribution in [0.1, 0.15) is 29.9 Å². The van der Waals surface area contributed by atoms with Crippen LogP contribution in [0.3, 0.4) is 0 Å². The monoisotopic (exact) mass is 239 g/mol. The molecule has 0 aliphatic heterocycles. The number of benzene rings is 1. The molecule has 1 aromatic heterocycles. The van der Waals surface area contributed by atoms with Gasteiger partial charge in [0.1, 0.15) is 0 Å². The minimum absolute atomic E-state index is 0.662. The molecule has 1 aromatic carbocycles. The first-order chi connectivity index (χ1) is 8.90. The molecule has 92 valence electrons. The first kappa shape index (κ1) is 10.2. The topological polar surface area (TPSA) is 29.9 Å². The van der Waals surface area contributed by atoms with E-state index < -0.39 is 0 Å². The molecule has 0 saturated heterocycles. The van der Waals surface area contributed by atoms with Crippen molar-refractivity contribution in [3.63, 3.8) is 0 Å². The summed E-state index contributed by atoms with van der Waals surface area (Å²) < 4.78 is 2.26. The van der Waals surface area contributed by atoms with E-state index in [-0.39, 0.29) is 0 Å². The minimum atomic E-state index is 0.662. The van der Waals surface area contributed by atoms with Crippen LogP contribution < -0.4 is 5.32 Å². The lowest BCUT2D eigenvalue weighted by Gasteiger charge is -2.30. The van der Waals surface area contributed by atoms with E-state index in [2.05, 4.69) is 45.3 Å². The van der Waals surface area contributed by atoms with Crippen LogP contribution in [0.15, 0.2) is 36.7 Å². The molecule has 0 spiro atoms. The number of hydrogen-bond donors (Lipinski definition) is 1. The highest BCUT2D eigenvalue weighted by atomic mass is 15.2. The molecule has 1 saturated carbocycles. The average Bonchev–Trinajstić information content (AvgIpc) is 3.06. The van der Waals surface area contributed by atoms with E-state index in [1.807, 2.05) is 6.20 Å². The maximum absolute atomic E-state index is 4.42. The molecule has 0 amide bonds. The molecule has 1 heterocycles. The largest absolute Gasteiger partial charge is 0.353 e. The zero-order valence-electron chi connectivity index (χ0n) is 10.3. The molecular weight excluding hydrogens is 222 g/mol. The summed E-state index contributed by atoms with van der Waals surface area (Å²) in [4.78, 5) is 4.42. The standard InChI is InChI=1S/C15H17N3/c1-2-4-14-11(3-1)9-12(14)10-18-8-7-16-15(18)17-13-5-6-13/h1-4,7-8,12-13H,5-6,9-10H2,(H,16,17). The highest BCUT2D eigenvalue weighted by Crippen LogP contribution is 2.36. The van der Waals surface area contributed by atoms with Crippen LogP contribution in [0.4, 0.5) is 5.95 Å². The molecule has 1 N–H and O–H groups in total. The van der Waals surface area contributed by atoms with Gasteiger partial charge in [0, 0.05) is 30.9 Å². The molecule has 2 aromatic rings. The Hall–Kier alpha value is -1.77. The minimum Gasteiger partial charge on any atom is -0.353 e. The van der Waals surface area contributed by atoms with Crippen LogP contribution in [0.2, 0.25) is 0 Å². The summed E-state index contributed by atoms with van der Waals surface area (Å²) >= 11 is 0. The fraction of sp³-hybridized carbons (Fsp3) is 0.400. The normalized spacial score (nSPS) is 21.2. The van der Waals surface area contributed by atoms with E-state index in [0.29, 0.717) is 12.0 Å². The molecule has 4 rings (SSSR count). The predicted molar refractivity (Wildman–Crippen MR) is 71.8 cm³/mol. The van der Waals surface area contributed by atoms with Crippen LogP contribution in [0.25, 0.3) is 0 Å². The van der Waals surface area contributed by atoms with Gasteiger partial charge in [-0.2, -0.15) is 0 Å². The molecule has 18 heavy (non-hydrogen) atoms. The quantitative estimate of drug-likeness (QED) is 0.889. The van der Waals surface area contributed by atoms with Gasteiger partial charge in [0.2, 0.25) is 5.95 Å². The van der Waals surface area contributed by atoms with Crippen molar-refractivity contribution in [1.82, 2.24) is 9.55 Å². The molecule has 1 fully saturated rings. The summed E-state index contributed by atoms with van der Waals surface area (Å²) in [7, 11) is 0. The van der Waals surface area contributed by atoms with Gasteiger partial charge < -0.3 is 9.88 Å². The van der Waals surface area contributed by atoms with E-state index in [4.69, 9.17) is 0 Å². The molecule has 3 nitrogen and oxygen atoms in total. The molecule has 2 aliphatic carbocycles. The van der Waals surface area contributed by atoms with Crippen molar-refractivity contribution in [2.75, 3.05) is 5.32 Å². The molecule has 3 heteroatoms. The maximum atomic E-state index is 4.42. The third-order valence-electron chi connectivity index (χ3n) is 4.00. The number of imidazole rings is 1. The third kappa shape index (κ3) is 1.70. The van der Waals surface area contributed by atoms with Crippen molar-refractivity contribution in [2.24, 2.45) is 0 Å². The summed E-state index contributed by atoms with van der Waals surface area (Å²) in [6.45, 7) is 1.05. The Morgan fingerprint density at radius 2 is 2.17 bits per heavy atom. The zero-order chi connectivity index (χ0) is 11.9. The van der Waals surface area contributed by atoms with Gasteiger partial charge in [-0.25, -0.2) is 4.98 Å². The second kappa shape index (κ2) is 3.87. The summed E-state index contributed by atoms with van der Waals surface area (Å²) in [5.74, 6) is 1.71. The predicted octanol–water partition coefficient (Wildman–Crippen LogP) is 2.80. The molecule has 1 unspecified atom stereocenters. The van der Waals surface area contributed by atoms with Gasteiger partial charge in [0.15, 0.2) is 0 Å². The van der Waals surface area contributed by atoms with Crippen LogP contribution in [0, 0.1) is 0 Å². The number of nitrogens with one attached hydrogen (secondary N) is 1. The number of fused-ring (bicyclic) bond motifs is 1. The van der Waals surface area contributed by atoms with Gasteiger partial charge in [0.25, 0.3) is 0 Å². The van der Waals surface area contributed by atoms with Gasteiger partial charge in [-0.05, 0) is 30.4 Å². The van der Waals surface area contributed by atoms with Gasteiger partial charge in [-0.15, -0.1) is 0 Å². The summed E-state index contributed by atoms with van der Waals surface area (Å²) in [5, 5.41) is 3.49. The molecule has 0 bridgehead atoms. The van der Waals surface area contributed by atoms with Crippen molar-refractivity contribution >= 4 is 5.95 Å². The SMILES string of the molecule is c1ccc2c(c1)CC2Cn1ccnc1NC1CC1. The van der Waals surface area contributed by atoms with E-state index in [1.54, 1.807) is 0 Å². The first-order valence-corrected chi connectivity index (χ1v) is 6.75. The summed E-state index contributed by atoms with van der Waals surface area (Å²) in [6.07, 6.45) is 7.77. The average molecular weight is 239 g/mol. The molecule has 2 aliphatic rings. The highest BCUT2D eigenvalue weighted by Gasteiger charge is 2.27. The highest BCUT2D eigenvalue weighted by molar-refractivity contribution is 5.40. The maximum Gasteiger partial charge on any atom is 0.203 e. The lowest BCUT2D eigenvalue weighted by Crippen LogP contribution is -2.22. The Labute approximate surface area is 107 Å². The van der Waals surface area contributed by atoms with Gasteiger partial charge in [-0.3, -0.25) is 0 Å². The Balaban J connectivity index is 1.51. The van der Waals surface area contributed by atoms with E-state index in [9.17, 15) is 0 Å². The van der Waals surface area contributed by atoms with Crippen molar-refractivity contribution in [2.45, 2.75) is 37.8 Å². The van der Waals surface area contributed by atoms with Gasteiger partial charge in [0.05, 0.1) is 0 Å². The lowest BCUT2D eigenvalue weighted by molar-refractivity contribution is 0.511. The molecule has 1 atom stereocenters. The lowest BCUT2D eigenvalue weighted by atomic mass is 9.77. The Bertz CT molecular complexity index is 569. The summed E-state index contributed by atoms with van der Waals surface area (Å²) in [6, 6.07) is 9.44. The molecule has 0 radical (unpaired) electrons.